The number of carboxylic acid groups (broad SMARTS) is 1. The van der Waals surface area contributed by atoms with Crippen molar-refractivity contribution in [3.63, 3.8) is 0 Å². The number of carboxylic acids is 1. The van der Waals surface area contributed by atoms with E-state index in [1.807, 2.05) is 24.3 Å². The summed E-state index contributed by atoms with van der Waals surface area (Å²) in [6.07, 6.45) is 0.902. The van der Waals surface area contributed by atoms with Crippen LogP contribution in [0.4, 0.5) is 0 Å². The Labute approximate surface area is 120 Å². The van der Waals surface area contributed by atoms with Gasteiger partial charge in [-0.15, -0.1) is 11.3 Å². The fourth-order valence-electron chi connectivity index (χ4n) is 1.69. The molecule has 2 aromatic rings. The summed E-state index contributed by atoms with van der Waals surface area (Å²) in [6.45, 7) is 1.73. The average molecular weight is 292 g/mol. The summed E-state index contributed by atoms with van der Waals surface area (Å²) in [4.78, 5) is 26.7. The fraction of sp³-hybridized carbons (Fsp3) is 0.357. The molecule has 0 aliphatic carbocycles. The number of thiazole rings is 1. The molecule has 1 aromatic heterocycles. The Bertz CT molecular complexity index is 591. The highest BCUT2D eigenvalue weighted by molar-refractivity contribution is 7.18. The predicted molar refractivity (Wildman–Crippen MR) is 77.8 cm³/mol. The van der Waals surface area contributed by atoms with Gasteiger partial charge in [-0.2, -0.15) is 0 Å². The number of benzene rings is 1. The van der Waals surface area contributed by atoms with Crippen LogP contribution in [0.15, 0.2) is 24.3 Å². The maximum absolute atomic E-state index is 11.6. The molecule has 0 aliphatic rings. The smallest absolute Gasteiger partial charge is 0.308 e. The molecule has 0 bridgehead atoms. The van der Waals surface area contributed by atoms with E-state index in [-0.39, 0.29) is 12.5 Å². The monoisotopic (exact) mass is 292 g/mol. The standard InChI is InChI=1S/C14H16N2O3S/c1-9(14(18)19)8-15-12(17)6-7-13-16-10-4-2-3-5-11(10)20-13/h2-5,9H,6-8H2,1H3,(H,15,17)(H,18,19). The van der Waals surface area contributed by atoms with E-state index in [1.165, 1.54) is 0 Å². The van der Waals surface area contributed by atoms with Crippen LogP contribution in [0.2, 0.25) is 0 Å². The maximum atomic E-state index is 11.6. The topological polar surface area (TPSA) is 79.3 Å². The quantitative estimate of drug-likeness (QED) is 0.854. The third kappa shape index (κ3) is 3.77. The van der Waals surface area contributed by atoms with Crippen LogP contribution in [0.3, 0.4) is 0 Å². The molecule has 0 aliphatic heterocycles. The molecule has 0 saturated carbocycles. The van der Waals surface area contributed by atoms with Gasteiger partial charge >= 0.3 is 5.97 Å². The molecular formula is C14H16N2O3S. The number of aromatic nitrogens is 1. The van der Waals surface area contributed by atoms with E-state index in [2.05, 4.69) is 10.3 Å². The molecule has 0 radical (unpaired) electrons. The van der Waals surface area contributed by atoms with Gasteiger partial charge in [0.25, 0.3) is 0 Å². The Morgan fingerprint density at radius 1 is 1.40 bits per heavy atom. The normalized spacial score (nSPS) is 12.2. The minimum atomic E-state index is -0.906. The van der Waals surface area contributed by atoms with Crippen molar-refractivity contribution in [2.24, 2.45) is 5.92 Å². The van der Waals surface area contributed by atoms with Crippen molar-refractivity contribution in [1.82, 2.24) is 10.3 Å². The molecule has 0 fully saturated rings. The Morgan fingerprint density at radius 3 is 2.85 bits per heavy atom. The number of hydrogen-bond acceptors (Lipinski definition) is 4. The summed E-state index contributed by atoms with van der Waals surface area (Å²) in [7, 11) is 0. The minimum absolute atomic E-state index is 0.141. The first kappa shape index (κ1) is 14.5. The first-order valence-corrected chi connectivity index (χ1v) is 7.22. The van der Waals surface area contributed by atoms with Crippen LogP contribution in [0, 0.1) is 5.92 Å². The van der Waals surface area contributed by atoms with Crippen molar-refractivity contribution < 1.29 is 14.7 Å². The molecule has 1 aromatic carbocycles. The molecule has 2 N–H and O–H groups in total. The first-order valence-electron chi connectivity index (χ1n) is 6.40. The predicted octanol–water partition coefficient (Wildman–Crippen LogP) is 2.07. The number of aryl methyl sites for hydroxylation is 1. The van der Waals surface area contributed by atoms with E-state index in [9.17, 15) is 9.59 Å². The molecule has 0 spiro atoms. The Hall–Kier alpha value is -1.95. The van der Waals surface area contributed by atoms with Gasteiger partial charge in [-0.3, -0.25) is 9.59 Å². The summed E-state index contributed by atoms with van der Waals surface area (Å²) in [5.41, 5.74) is 0.951. The van der Waals surface area contributed by atoms with Crippen LogP contribution in [0.25, 0.3) is 10.2 Å². The van der Waals surface area contributed by atoms with E-state index < -0.39 is 11.9 Å². The van der Waals surface area contributed by atoms with Gasteiger partial charge in [-0.25, -0.2) is 4.98 Å². The number of fused-ring (bicyclic) bond motifs is 1. The van der Waals surface area contributed by atoms with Crippen LogP contribution >= 0.6 is 11.3 Å². The number of aliphatic carboxylic acids is 1. The number of nitrogens with one attached hydrogen (secondary N) is 1. The number of amides is 1. The van der Waals surface area contributed by atoms with Gasteiger partial charge in [0.2, 0.25) is 5.91 Å². The highest BCUT2D eigenvalue weighted by Gasteiger charge is 2.12. The SMILES string of the molecule is CC(CNC(=O)CCc1nc2ccccc2s1)C(=O)O. The zero-order valence-corrected chi connectivity index (χ0v) is 11.9. The van der Waals surface area contributed by atoms with Crippen molar-refractivity contribution in [2.45, 2.75) is 19.8 Å². The van der Waals surface area contributed by atoms with Crippen molar-refractivity contribution in [1.29, 1.82) is 0 Å². The van der Waals surface area contributed by atoms with Gasteiger partial charge in [0.1, 0.15) is 0 Å². The molecule has 1 unspecified atom stereocenters. The summed E-state index contributed by atoms with van der Waals surface area (Å²) >= 11 is 1.58. The molecule has 6 heteroatoms. The largest absolute Gasteiger partial charge is 0.481 e. The van der Waals surface area contributed by atoms with Crippen LogP contribution < -0.4 is 5.32 Å². The van der Waals surface area contributed by atoms with Gasteiger partial charge in [0.05, 0.1) is 21.1 Å². The molecule has 20 heavy (non-hydrogen) atoms. The van der Waals surface area contributed by atoms with Crippen molar-refractivity contribution >= 4 is 33.4 Å². The fourth-order valence-corrected chi connectivity index (χ4v) is 2.66. The van der Waals surface area contributed by atoms with Crippen molar-refractivity contribution in [2.75, 3.05) is 6.54 Å². The van der Waals surface area contributed by atoms with E-state index >= 15 is 0 Å². The molecular weight excluding hydrogens is 276 g/mol. The second-order valence-corrected chi connectivity index (χ2v) is 5.73. The number of rotatable bonds is 6. The van der Waals surface area contributed by atoms with Crippen molar-refractivity contribution in [3.8, 4) is 0 Å². The third-order valence-electron chi connectivity index (χ3n) is 2.93. The maximum Gasteiger partial charge on any atom is 0.308 e. The summed E-state index contributed by atoms with van der Waals surface area (Å²) in [6, 6.07) is 7.85. The van der Waals surface area contributed by atoms with E-state index in [0.717, 1.165) is 15.2 Å². The number of carbonyl (C=O) groups is 2. The summed E-state index contributed by atoms with van der Waals surface area (Å²) in [5, 5.41) is 12.3. The summed E-state index contributed by atoms with van der Waals surface area (Å²) < 4.78 is 1.11. The lowest BCUT2D eigenvalue weighted by atomic mass is 10.2. The van der Waals surface area contributed by atoms with E-state index in [0.29, 0.717) is 12.8 Å². The lowest BCUT2D eigenvalue weighted by molar-refractivity contribution is -0.141. The Kier molecular flexibility index (Phi) is 4.68. The Morgan fingerprint density at radius 2 is 2.15 bits per heavy atom. The molecule has 1 atom stereocenters. The first-order chi connectivity index (χ1) is 9.56. The van der Waals surface area contributed by atoms with Crippen molar-refractivity contribution in [3.05, 3.63) is 29.3 Å². The van der Waals surface area contributed by atoms with Crippen LogP contribution in [0.1, 0.15) is 18.4 Å². The number of nitrogens with zero attached hydrogens (tertiary/aromatic N) is 1. The molecule has 5 nitrogen and oxygen atoms in total. The number of para-hydroxylation sites is 1. The lowest BCUT2D eigenvalue weighted by Crippen LogP contribution is -2.31. The molecule has 0 saturated heterocycles. The van der Waals surface area contributed by atoms with Crippen LogP contribution in [-0.4, -0.2) is 28.5 Å². The minimum Gasteiger partial charge on any atom is -0.481 e. The van der Waals surface area contributed by atoms with Crippen LogP contribution in [0.5, 0.6) is 0 Å². The highest BCUT2D eigenvalue weighted by Crippen LogP contribution is 2.22. The number of carbonyl (C=O) groups excluding carboxylic acids is 1. The van der Waals surface area contributed by atoms with Gasteiger partial charge in [-0.05, 0) is 12.1 Å². The van der Waals surface area contributed by atoms with Gasteiger partial charge in [-0.1, -0.05) is 19.1 Å². The van der Waals surface area contributed by atoms with Gasteiger partial charge in [0.15, 0.2) is 0 Å². The zero-order chi connectivity index (χ0) is 14.5. The molecule has 1 heterocycles. The van der Waals surface area contributed by atoms with Gasteiger partial charge in [0, 0.05) is 19.4 Å². The highest BCUT2D eigenvalue weighted by atomic mass is 32.1. The summed E-state index contributed by atoms with van der Waals surface area (Å²) in [5.74, 6) is -1.62. The second kappa shape index (κ2) is 6.47. The Balaban J connectivity index is 1.82. The molecule has 2 rings (SSSR count). The number of hydrogen-bond donors (Lipinski definition) is 2. The third-order valence-corrected chi connectivity index (χ3v) is 4.03. The average Bonchev–Trinajstić information content (AvgIpc) is 2.85. The second-order valence-electron chi connectivity index (χ2n) is 4.62. The van der Waals surface area contributed by atoms with Gasteiger partial charge < -0.3 is 10.4 Å². The zero-order valence-electron chi connectivity index (χ0n) is 11.1. The van der Waals surface area contributed by atoms with Crippen LogP contribution in [-0.2, 0) is 16.0 Å². The molecule has 1 amide bonds. The van der Waals surface area contributed by atoms with E-state index in [1.54, 1.807) is 18.3 Å². The lowest BCUT2D eigenvalue weighted by Gasteiger charge is -2.07. The molecule has 106 valence electrons. The van der Waals surface area contributed by atoms with E-state index in [4.69, 9.17) is 5.11 Å².